The number of methoxy groups -OCH3 is 1. The Morgan fingerprint density at radius 3 is 2.62 bits per heavy atom. The third-order valence-corrected chi connectivity index (χ3v) is 4.72. The first kappa shape index (κ1) is 14.8. The van der Waals surface area contributed by atoms with Crippen molar-refractivity contribution in [1.29, 1.82) is 0 Å². The molecule has 0 amide bonds. The van der Waals surface area contributed by atoms with Gasteiger partial charge in [-0.2, -0.15) is 0 Å². The number of rotatable bonds is 4. The quantitative estimate of drug-likeness (QED) is 0.853. The Morgan fingerprint density at radius 2 is 1.95 bits per heavy atom. The maximum atomic E-state index is 5.80. The summed E-state index contributed by atoms with van der Waals surface area (Å²) < 4.78 is 16.9. The summed E-state index contributed by atoms with van der Waals surface area (Å²) in [6.07, 6.45) is 4.31. The highest BCUT2D eigenvalue weighted by Gasteiger charge is 2.40. The molecule has 3 rings (SSSR count). The highest BCUT2D eigenvalue weighted by Crippen LogP contribution is 2.37. The van der Waals surface area contributed by atoms with Gasteiger partial charge in [-0.1, -0.05) is 12.1 Å². The van der Waals surface area contributed by atoms with Gasteiger partial charge in [-0.25, -0.2) is 0 Å². The average molecular weight is 291 g/mol. The number of ether oxygens (including phenoxy) is 3. The Hall–Kier alpha value is -1.10. The van der Waals surface area contributed by atoms with Crippen LogP contribution in [0.4, 0.5) is 0 Å². The molecule has 1 aromatic rings. The van der Waals surface area contributed by atoms with E-state index in [0.717, 1.165) is 51.2 Å². The first-order valence-corrected chi connectivity index (χ1v) is 7.82. The fourth-order valence-corrected chi connectivity index (χ4v) is 3.46. The van der Waals surface area contributed by atoms with E-state index in [-0.39, 0.29) is 5.79 Å². The standard InChI is InChI=1S/C17H25NO3/c1-18(13-14-4-3-5-16(12-14)19-2)15-6-8-17(9-7-15)20-10-11-21-17/h3-5,12,15H,6-11,13H2,1-2H3. The van der Waals surface area contributed by atoms with E-state index in [0.29, 0.717) is 6.04 Å². The molecule has 0 aromatic heterocycles. The average Bonchev–Trinajstić information content (AvgIpc) is 2.96. The van der Waals surface area contributed by atoms with E-state index in [1.807, 2.05) is 6.07 Å². The Kier molecular flexibility index (Phi) is 4.48. The fraction of sp³-hybridized carbons (Fsp3) is 0.647. The van der Waals surface area contributed by atoms with Crippen molar-refractivity contribution in [2.45, 2.75) is 44.1 Å². The molecule has 1 aromatic carbocycles. The molecule has 4 heteroatoms. The lowest BCUT2D eigenvalue weighted by Gasteiger charge is -2.39. The molecule has 4 nitrogen and oxygen atoms in total. The number of benzene rings is 1. The first-order valence-electron chi connectivity index (χ1n) is 7.82. The molecule has 21 heavy (non-hydrogen) atoms. The van der Waals surface area contributed by atoms with Crippen LogP contribution in [0.1, 0.15) is 31.2 Å². The Morgan fingerprint density at radius 1 is 1.24 bits per heavy atom. The van der Waals surface area contributed by atoms with Crippen LogP contribution in [0.3, 0.4) is 0 Å². The van der Waals surface area contributed by atoms with Crippen LogP contribution in [-0.2, 0) is 16.0 Å². The molecule has 1 heterocycles. The van der Waals surface area contributed by atoms with E-state index in [1.54, 1.807) is 7.11 Å². The maximum absolute atomic E-state index is 5.80. The van der Waals surface area contributed by atoms with Gasteiger partial charge < -0.3 is 14.2 Å². The zero-order valence-electron chi connectivity index (χ0n) is 13.0. The molecule has 2 aliphatic rings. The van der Waals surface area contributed by atoms with Crippen LogP contribution in [0.2, 0.25) is 0 Å². The molecule has 1 saturated carbocycles. The number of hydrogen-bond donors (Lipinski definition) is 0. The zero-order chi connectivity index (χ0) is 14.7. The van der Waals surface area contributed by atoms with Gasteiger partial charge in [0.25, 0.3) is 0 Å². The molecule has 0 radical (unpaired) electrons. The van der Waals surface area contributed by atoms with Gasteiger partial charge in [0.1, 0.15) is 5.75 Å². The van der Waals surface area contributed by atoms with Crippen molar-refractivity contribution < 1.29 is 14.2 Å². The summed E-state index contributed by atoms with van der Waals surface area (Å²) in [6, 6.07) is 8.92. The summed E-state index contributed by atoms with van der Waals surface area (Å²) in [7, 11) is 3.92. The lowest BCUT2D eigenvalue weighted by atomic mass is 9.89. The minimum Gasteiger partial charge on any atom is -0.497 e. The van der Waals surface area contributed by atoms with Gasteiger partial charge >= 0.3 is 0 Å². The summed E-state index contributed by atoms with van der Waals surface area (Å²) in [5.41, 5.74) is 1.30. The van der Waals surface area contributed by atoms with Crippen molar-refractivity contribution in [1.82, 2.24) is 4.90 Å². The van der Waals surface area contributed by atoms with Crippen LogP contribution < -0.4 is 4.74 Å². The smallest absolute Gasteiger partial charge is 0.168 e. The molecule has 116 valence electrons. The van der Waals surface area contributed by atoms with E-state index >= 15 is 0 Å². The fourth-order valence-electron chi connectivity index (χ4n) is 3.46. The topological polar surface area (TPSA) is 30.9 Å². The molecule has 0 N–H and O–H groups in total. The number of nitrogens with zero attached hydrogens (tertiary/aromatic N) is 1. The van der Waals surface area contributed by atoms with E-state index in [2.05, 4.69) is 30.1 Å². The van der Waals surface area contributed by atoms with Gasteiger partial charge in [0.2, 0.25) is 0 Å². The molecule has 1 aliphatic heterocycles. The monoisotopic (exact) mass is 291 g/mol. The molecular weight excluding hydrogens is 266 g/mol. The van der Waals surface area contributed by atoms with E-state index in [4.69, 9.17) is 14.2 Å². The number of hydrogen-bond acceptors (Lipinski definition) is 4. The molecule has 0 atom stereocenters. The summed E-state index contributed by atoms with van der Waals surface area (Å²) >= 11 is 0. The Balaban J connectivity index is 1.55. The summed E-state index contributed by atoms with van der Waals surface area (Å²) in [6.45, 7) is 2.46. The Labute approximate surface area is 127 Å². The van der Waals surface area contributed by atoms with Crippen LogP contribution in [0.5, 0.6) is 5.75 Å². The predicted molar refractivity (Wildman–Crippen MR) is 81.4 cm³/mol. The van der Waals surface area contributed by atoms with Gasteiger partial charge in [-0.3, -0.25) is 4.90 Å². The summed E-state index contributed by atoms with van der Waals surface area (Å²) in [5.74, 6) is 0.670. The molecule has 1 saturated heterocycles. The van der Waals surface area contributed by atoms with Crippen LogP contribution in [0, 0.1) is 0 Å². The molecule has 0 unspecified atom stereocenters. The lowest BCUT2D eigenvalue weighted by molar-refractivity contribution is -0.183. The van der Waals surface area contributed by atoms with Crippen molar-refractivity contribution in [2.24, 2.45) is 0 Å². The van der Waals surface area contributed by atoms with Crippen molar-refractivity contribution in [3.8, 4) is 5.75 Å². The van der Waals surface area contributed by atoms with Crippen LogP contribution in [0.15, 0.2) is 24.3 Å². The summed E-state index contributed by atoms with van der Waals surface area (Å²) in [4.78, 5) is 2.44. The molecule has 2 fully saturated rings. The maximum Gasteiger partial charge on any atom is 0.168 e. The van der Waals surface area contributed by atoms with Crippen molar-refractivity contribution in [3.63, 3.8) is 0 Å². The third kappa shape index (κ3) is 3.39. The minimum absolute atomic E-state index is 0.257. The SMILES string of the molecule is COc1cccc(CN(C)C2CCC3(CC2)OCCO3)c1. The normalized spacial score (nSPS) is 22.0. The highest BCUT2D eigenvalue weighted by atomic mass is 16.7. The molecule has 0 bridgehead atoms. The second-order valence-electron chi connectivity index (χ2n) is 6.11. The molecular formula is C17H25NO3. The van der Waals surface area contributed by atoms with Gasteiger partial charge in [0.15, 0.2) is 5.79 Å². The summed E-state index contributed by atoms with van der Waals surface area (Å²) in [5, 5.41) is 0. The zero-order valence-corrected chi connectivity index (χ0v) is 13.0. The first-order chi connectivity index (χ1) is 10.2. The molecule has 1 spiro atoms. The second-order valence-corrected chi connectivity index (χ2v) is 6.11. The van der Waals surface area contributed by atoms with Crippen LogP contribution in [-0.4, -0.2) is 44.1 Å². The van der Waals surface area contributed by atoms with Gasteiger partial charge in [-0.05, 0) is 37.6 Å². The highest BCUT2D eigenvalue weighted by molar-refractivity contribution is 5.28. The van der Waals surface area contributed by atoms with E-state index < -0.39 is 0 Å². The predicted octanol–water partition coefficient (Wildman–Crippen LogP) is 2.81. The molecule has 1 aliphatic carbocycles. The van der Waals surface area contributed by atoms with Crippen molar-refractivity contribution in [2.75, 3.05) is 27.4 Å². The van der Waals surface area contributed by atoms with E-state index in [1.165, 1.54) is 5.56 Å². The van der Waals surface area contributed by atoms with Crippen LogP contribution >= 0.6 is 0 Å². The second kappa shape index (κ2) is 6.34. The van der Waals surface area contributed by atoms with Crippen LogP contribution in [0.25, 0.3) is 0 Å². The largest absolute Gasteiger partial charge is 0.497 e. The van der Waals surface area contributed by atoms with Crippen molar-refractivity contribution >= 4 is 0 Å². The minimum atomic E-state index is -0.257. The van der Waals surface area contributed by atoms with E-state index in [9.17, 15) is 0 Å². The van der Waals surface area contributed by atoms with Crippen molar-refractivity contribution in [3.05, 3.63) is 29.8 Å². The van der Waals surface area contributed by atoms with Gasteiger partial charge in [-0.15, -0.1) is 0 Å². The Bertz CT molecular complexity index is 461. The lowest BCUT2D eigenvalue weighted by Crippen LogP contribution is -2.42. The van der Waals surface area contributed by atoms with Gasteiger partial charge in [0, 0.05) is 25.4 Å². The third-order valence-electron chi connectivity index (χ3n) is 4.72. The van der Waals surface area contributed by atoms with Gasteiger partial charge in [0.05, 0.1) is 20.3 Å².